The zero-order chi connectivity index (χ0) is 22.8. The summed E-state index contributed by atoms with van der Waals surface area (Å²) in [6.07, 6.45) is 12.0. The van der Waals surface area contributed by atoms with E-state index >= 15 is 0 Å². The zero-order valence-electron chi connectivity index (χ0n) is 18.4. The Morgan fingerprint density at radius 3 is 2.72 bits per heavy atom. The van der Waals surface area contributed by atoms with Crippen LogP contribution in [0.1, 0.15) is 57.4 Å². The molecule has 32 heavy (non-hydrogen) atoms. The summed E-state index contributed by atoms with van der Waals surface area (Å²) in [6.45, 7) is 2.67. The molecule has 7 heteroatoms. The summed E-state index contributed by atoms with van der Waals surface area (Å²) in [5.74, 6) is -0.520. The molecule has 2 amide bonds. The molecule has 1 aliphatic rings. The number of unbranched alkanes of at least 4 members (excludes halogenated alkanes) is 1. The minimum atomic E-state index is -0.875. The predicted molar refractivity (Wildman–Crippen MR) is 122 cm³/mol. The standard InChI is InChI=1S/C25H30FN3O3/c1-2-3-16-28-24(31)25(13-5-4-6-14-25)29-23(30)12-10-19-9-11-22(21(26)17-19)32-20-8-7-15-27-18-20/h7-12,15,17-18H,2-6,13-14,16H2,1H3,(H,28,31)(H,29,30)/b12-10+. The SMILES string of the molecule is CCCCNC(=O)C1(NC(=O)/C=C/c2ccc(Oc3cccnc3)c(F)c2)CCCCC1. The summed E-state index contributed by atoms with van der Waals surface area (Å²) >= 11 is 0. The lowest BCUT2D eigenvalue weighted by molar-refractivity contribution is -0.133. The number of pyridine rings is 1. The maximum absolute atomic E-state index is 14.4. The number of rotatable bonds is 9. The third kappa shape index (κ3) is 6.39. The van der Waals surface area contributed by atoms with Crippen molar-refractivity contribution in [3.63, 3.8) is 0 Å². The first-order valence-electron chi connectivity index (χ1n) is 11.2. The van der Waals surface area contributed by atoms with Crippen LogP contribution in [-0.2, 0) is 9.59 Å². The van der Waals surface area contributed by atoms with Crippen molar-refractivity contribution < 1.29 is 18.7 Å². The van der Waals surface area contributed by atoms with Crippen LogP contribution >= 0.6 is 0 Å². The van der Waals surface area contributed by atoms with Crippen molar-refractivity contribution in [3.05, 3.63) is 60.2 Å². The molecule has 6 nitrogen and oxygen atoms in total. The number of hydrogen-bond acceptors (Lipinski definition) is 4. The number of amides is 2. The largest absolute Gasteiger partial charge is 0.453 e. The molecule has 0 unspecified atom stereocenters. The van der Waals surface area contributed by atoms with Gasteiger partial charge in [-0.05, 0) is 55.2 Å². The molecule has 0 atom stereocenters. The number of carbonyl (C=O) groups excluding carboxylic acids is 2. The summed E-state index contributed by atoms with van der Waals surface area (Å²) < 4.78 is 19.9. The minimum Gasteiger partial charge on any atom is -0.453 e. The number of benzene rings is 1. The van der Waals surface area contributed by atoms with Gasteiger partial charge in [0.1, 0.15) is 11.3 Å². The summed E-state index contributed by atoms with van der Waals surface area (Å²) in [6, 6.07) is 7.84. The minimum absolute atomic E-state index is 0.0736. The average molecular weight is 440 g/mol. The lowest BCUT2D eigenvalue weighted by atomic mass is 9.80. The first-order chi connectivity index (χ1) is 15.5. The van der Waals surface area contributed by atoms with Gasteiger partial charge in [0.25, 0.3) is 0 Å². The Labute approximate surface area is 188 Å². The third-order valence-electron chi connectivity index (χ3n) is 5.57. The normalized spacial score (nSPS) is 15.3. The number of hydrogen-bond donors (Lipinski definition) is 2. The molecule has 1 heterocycles. The van der Waals surface area contributed by atoms with Crippen molar-refractivity contribution in [2.24, 2.45) is 0 Å². The van der Waals surface area contributed by atoms with Crippen molar-refractivity contribution in [1.82, 2.24) is 15.6 Å². The second kappa shape index (κ2) is 11.4. The Balaban J connectivity index is 1.64. The van der Waals surface area contributed by atoms with E-state index in [1.165, 1.54) is 30.5 Å². The highest BCUT2D eigenvalue weighted by Crippen LogP contribution is 2.29. The van der Waals surface area contributed by atoms with Gasteiger partial charge in [-0.1, -0.05) is 38.7 Å². The first-order valence-corrected chi connectivity index (χ1v) is 11.2. The van der Waals surface area contributed by atoms with Crippen LogP contribution in [-0.4, -0.2) is 28.9 Å². The molecule has 3 rings (SSSR count). The van der Waals surface area contributed by atoms with Crippen LogP contribution in [0.4, 0.5) is 4.39 Å². The highest BCUT2D eigenvalue weighted by molar-refractivity contribution is 5.97. The predicted octanol–water partition coefficient (Wildman–Crippen LogP) is 4.76. The Morgan fingerprint density at radius 1 is 1.22 bits per heavy atom. The number of halogens is 1. The molecule has 1 aromatic heterocycles. The fraction of sp³-hybridized carbons (Fsp3) is 0.400. The van der Waals surface area contributed by atoms with Crippen LogP contribution in [0, 0.1) is 5.82 Å². The van der Waals surface area contributed by atoms with Crippen LogP contribution in [0.3, 0.4) is 0 Å². The highest BCUT2D eigenvalue weighted by Gasteiger charge is 2.40. The van der Waals surface area contributed by atoms with E-state index < -0.39 is 11.4 Å². The van der Waals surface area contributed by atoms with E-state index in [1.807, 2.05) is 0 Å². The summed E-state index contributed by atoms with van der Waals surface area (Å²) in [5.41, 5.74) is -0.360. The van der Waals surface area contributed by atoms with E-state index in [0.29, 0.717) is 30.7 Å². The number of nitrogens with zero attached hydrogens (tertiary/aromatic N) is 1. The van der Waals surface area contributed by atoms with Gasteiger partial charge in [0, 0.05) is 18.8 Å². The van der Waals surface area contributed by atoms with E-state index in [9.17, 15) is 14.0 Å². The van der Waals surface area contributed by atoms with Gasteiger partial charge in [-0.15, -0.1) is 0 Å². The van der Waals surface area contributed by atoms with Crippen molar-refractivity contribution in [1.29, 1.82) is 0 Å². The molecule has 170 valence electrons. The van der Waals surface area contributed by atoms with E-state index in [4.69, 9.17) is 4.74 Å². The fourth-order valence-electron chi connectivity index (χ4n) is 3.80. The van der Waals surface area contributed by atoms with Crippen molar-refractivity contribution in [2.75, 3.05) is 6.54 Å². The van der Waals surface area contributed by atoms with Gasteiger partial charge in [0.15, 0.2) is 11.6 Å². The summed E-state index contributed by atoms with van der Waals surface area (Å²) in [4.78, 5) is 29.4. The van der Waals surface area contributed by atoms with Crippen molar-refractivity contribution in [2.45, 2.75) is 57.4 Å². The van der Waals surface area contributed by atoms with Crippen LogP contribution < -0.4 is 15.4 Å². The average Bonchev–Trinajstić information content (AvgIpc) is 2.80. The summed E-state index contributed by atoms with van der Waals surface area (Å²) in [7, 11) is 0. The van der Waals surface area contributed by atoms with Crippen LogP contribution in [0.15, 0.2) is 48.8 Å². The summed E-state index contributed by atoms with van der Waals surface area (Å²) in [5, 5.41) is 5.89. The Morgan fingerprint density at radius 2 is 2.03 bits per heavy atom. The Hall–Kier alpha value is -3.22. The molecule has 0 bridgehead atoms. The lowest BCUT2D eigenvalue weighted by Crippen LogP contribution is -2.59. The number of nitrogens with one attached hydrogen (secondary N) is 2. The van der Waals surface area contributed by atoms with E-state index in [1.54, 1.807) is 24.4 Å². The molecule has 0 saturated heterocycles. The third-order valence-corrected chi connectivity index (χ3v) is 5.57. The first kappa shape index (κ1) is 23.4. The molecule has 0 radical (unpaired) electrons. The second-order valence-corrected chi connectivity index (χ2v) is 8.06. The lowest BCUT2D eigenvalue weighted by Gasteiger charge is -2.36. The van der Waals surface area contributed by atoms with Crippen LogP contribution in [0.5, 0.6) is 11.5 Å². The molecule has 2 aromatic rings. The van der Waals surface area contributed by atoms with Gasteiger partial charge in [-0.25, -0.2) is 4.39 Å². The van der Waals surface area contributed by atoms with Gasteiger partial charge in [-0.3, -0.25) is 14.6 Å². The molecule has 1 aromatic carbocycles. The van der Waals surface area contributed by atoms with Gasteiger partial charge >= 0.3 is 0 Å². The van der Waals surface area contributed by atoms with E-state index in [0.717, 1.165) is 32.1 Å². The van der Waals surface area contributed by atoms with E-state index in [-0.39, 0.29) is 17.6 Å². The molecule has 1 fully saturated rings. The number of ether oxygens (including phenoxy) is 1. The van der Waals surface area contributed by atoms with Crippen LogP contribution in [0.2, 0.25) is 0 Å². The molecule has 2 N–H and O–H groups in total. The molecule has 0 aliphatic heterocycles. The quantitative estimate of drug-likeness (QED) is 0.436. The fourth-order valence-corrected chi connectivity index (χ4v) is 3.80. The van der Waals surface area contributed by atoms with Crippen molar-refractivity contribution >= 4 is 17.9 Å². The molecular weight excluding hydrogens is 409 g/mol. The molecule has 1 saturated carbocycles. The second-order valence-electron chi connectivity index (χ2n) is 8.06. The van der Waals surface area contributed by atoms with Gasteiger partial charge in [0.05, 0.1) is 6.20 Å². The van der Waals surface area contributed by atoms with Gasteiger partial charge in [-0.2, -0.15) is 0 Å². The molecule has 0 spiro atoms. The smallest absolute Gasteiger partial charge is 0.245 e. The maximum atomic E-state index is 14.4. The van der Waals surface area contributed by atoms with Gasteiger partial charge in [0.2, 0.25) is 11.8 Å². The van der Waals surface area contributed by atoms with Gasteiger partial charge < -0.3 is 15.4 Å². The monoisotopic (exact) mass is 439 g/mol. The number of carbonyl (C=O) groups is 2. The van der Waals surface area contributed by atoms with Crippen LogP contribution in [0.25, 0.3) is 6.08 Å². The highest BCUT2D eigenvalue weighted by atomic mass is 19.1. The topological polar surface area (TPSA) is 80.3 Å². The van der Waals surface area contributed by atoms with E-state index in [2.05, 4.69) is 22.5 Å². The molecular formula is C25H30FN3O3. The Kier molecular flexibility index (Phi) is 8.36. The Bertz CT molecular complexity index is 941. The number of aromatic nitrogens is 1. The zero-order valence-corrected chi connectivity index (χ0v) is 18.4. The molecule has 1 aliphatic carbocycles. The van der Waals surface area contributed by atoms with Crippen molar-refractivity contribution in [3.8, 4) is 11.5 Å². The maximum Gasteiger partial charge on any atom is 0.245 e.